The number of anilines is 1. The molecule has 0 saturated carbocycles. The first-order valence-electron chi connectivity index (χ1n) is 8.11. The van der Waals surface area contributed by atoms with Crippen LogP contribution in [0, 0.1) is 13.8 Å². The first-order chi connectivity index (χ1) is 11.8. The molecule has 0 spiro atoms. The van der Waals surface area contributed by atoms with Crippen molar-refractivity contribution in [2.45, 2.75) is 35.6 Å². The van der Waals surface area contributed by atoms with E-state index in [2.05, 4.69) is 5.32 Å². The van der Waals surface area contributed by atoms with E-state index in [4.69, 9.17) is 5.73 Å². The molecule has 0 radical (unpaired) electrons. The molecule has 1 heterocycles. The Hall–Kier alpha value is -2.02. The number of nitrogens with one attached hydrogen (secondary N) is 1. The highest BCUT2D eigenvalue weighted by molar-refractivity contribution is 8.00. The number of hydrogen-bond donors (Lipinski definition) is 4. The summed E-state index contributed by atoms with van der Waals surface area (Å²) < 4.78 is -1.07. The lowest BCUT2D eigenvalue weighted by Crippen LogP contribution is -2.58. The molecule has 2 aromatic rings. The fourth-order valence-corrected chi connectivity index (χ4v) is 4.84. The number of aliphatic carboxylic acids is 1. The van der Waals surface area contributed by atoms with Crippen molar-refractivity contribution in [3.63, 3.8) is 0 Å². The molecule has 5 nitrogen and oxygen atoms in total. The normalized spacial score (nSPS) is 25.9. The maximum atomic E-state index is 12.0. The summed E-state index contributed by atoms with van der Waals surface area (Å²) in [6.07, 6.45) is 0.469. The molecule has 2 aromatic carbocycles. The van der Waals surface area contributed by atoms with Crippen LogP contribution in [0.5, 0.6) is 0 Å². The Bertz CT molecular complexity index is 809. The predicted molar refractivity (Wildman–Crippen MR) is 99.5 cm³/mol. The standard InChI is InChI=1S/C19H22N2O3S/c1-12-3-6-14(7-4-12)18(9-10-21-19(18,24)17(22)23)25-16-11-13(2)5-8-15(16)20/h3-8,11,21,24H,9-10,20H2,1-2H3,(H,22,23). The first kappa shape index (κ1) is 17.8. The van der Waals surface area contributed by atoms with Gasteiger partial charge in [0, 0.05) is 17.1 Å². The number of carbonyl (C=O) groups is 1. The Labute approximate surface area is 151 Å². The second kappa shape index (κ2) is 6.37. The van der Waals surface area contributed by atoms with E-state index in [1.54, 1.807) is 0 Å². The van der Waals surface area contributed by atoms with Crippen molar-refractivity contribution in [1.82, 2.24) is 5.32 Å². The molecule has 5 N–H and O–H groups in total. The molecule has 1 fully saturated rings. The average Bonchev–Trinajstić information content (AvgIpc) is 2.90. The van der Waals surface area contributed by atoms with Crippen LogP contribution in [0.2, 0.25) is 0 Å². The number of nitrogens with two attached hydrogens (primary N) is 1. The van der Waals surface area contributed by atoms with Crippen LogP contribution >= 0.6 is 11.8 Å². The van der Waals surface area contributed by atoms with E-state index >= 15 is 0 Å². The zero-order valence-corrected chi connectivity index (χ0v) is 15.1. The summed E-state index contributed by atoms with van der Waals surface area (Å²) in [5.74, 6) is -1.29. The lowest BCUT2D eigenvalue weighted by molar-refractivity contribution is -0.163. The molecule has 2 unspecified atom stereocenters. The van der Waals surface area contributed by atoms with Crippen LogP contribution in [-0.4, -0.2) is 28.5 Å². The maximum absolute atomic E-state index is 12.0. The lowest BCUT2D eigenvalue weighted by Gasteiger charge is -2.39. The zero-order valence-electron chi connectivity index (χ0n) is 14.2. The van der Waals surface area contributed by atoms with Crippen LogP contribution in [0.4, 0.5) is 5.69 Å². The fourth-order valence-electron chi connectivity index (χ4n) is 3.27. The summed E-state index contributed by atoms with van der Waals surface area (Å²) in [6, 6.07) is 13.3. The SMILES string of the molecule is Cc1ccc(C2(Sc3cc(C)ccc3N)CCNC2(O)C(=O)O)cc1. The van der Waals surface area contributed by atoms with E-state index in [-0.39, 0.29) is 0 Å². The van der Waals surface area contributed by atoms with Gasteiger partial charge in [-0.3, -0.25) is 5.32 Å². The largest absolute Gasteiger partial charge is 0.478 e. The molecule has 2 atom stereocenters. The highest BCUT2D eigenvalue weighted by Gasteiger charge is 2.61. The number of rotatable bonds is 4. The Kier molecular flexibility index (Phi) is 4.53. The topological polar surface area (TPSA) is 95.6 Å². The van der Waals surface area contributed by atoms with E-state index < -0.39 is 16.4 Å². The second-order valence-electron chi connectivity index (χ2n) is 6.53. The molecule has 1 aliphatic rings. The van der Waals surface area contributed by atoms with Gasteiger partial charge in [-0.05, 0) is 43.5 Å². The Balaban J connectivity index is 2.17. The molecule has 0 aromatic heterocycles. The number of hydrogen-bond acceptors (Lipinski definition) is 5. The fraction of sp³-hybridized carbons (Fsp3) is 0.316. The summed E-state index contributed by atoms with van der Waals surface area (Å²) >= 11 is 1.32. The maximum Gasteiger partial charge on any atom is 0.353 e. The number of carboxylic acids is 1. The van der Waals surface area contributed by atoms with Gasteiger partial charge in [-0.15, -0.1) is 11.8 Å². The van der Waals surface area contributed by atoms with Crippen LogP contribution in [0.25, 0.3) is 0 Å². The van der Waals surface area contributed by atoms with Gasteiger partial charge >= 0.3 is 5.97 Å². The van der Waals surface area contributed by atoms with Crippen molar-refractivity contribution >= 4 is 23.4 Å². The smallest absolute Gasteiger partial charge is 0.353 e. The molecule has 25 heavy (non-hydrogen) atoms. The minimum Gasteiger partial charge on any atom is -0.478 e. The van der Waals surface area contributed by atoms with Gasteiger partial charge in [0.2, 0.25) is 5.72 Å². The summed E-state index contributed by atoms with van der Waals surface area (Å²) in [7, 11) is 0. The van der Waals surface area contributed by atoms with E-state index in [1.165, 1.54) is 11.8 Å². The van der Waals surface area contributed by atoms with Crippen molar-refractivity contribution in [2.75, 3.05) is 12.3 Å². The summed E-state index contributed by atoms with van der Waals surface area (Å²) in [4.78, 5) is 12.7. The van der Waals surface area contributed by atoms with Crippen LogP contribution in [-0.2, 0) is 9.54 Å². The first-order valence-corrected chi connectivity index (χ1v) is 8.93. The quantitative estimate of drug-likeness (QED) is 0.628. The van der Waals surface area contributed by atoms with Gasteiger partial charge in [-0.25, -0.2) is 4.79 Å². The minimum absolute atomic E-state index is 0.398. The predicted octanol–water partition coefficient (Wildman–Crippen LogP) is 2.64. The molecule has 6 heteroatoms. The third-order valence-corrected chi connectivity index (χ3v) is 6.38. The Morgan fingerprint density at radius 3 is 2.44 bits per heavy atom. The molecule has 3 rings (SSSR count). The van der Waals surface area contributed by atoms with E-state index in [0.717, 1.165) is 21.6 Å². The summed E-state index contributed by atoms with van der Waals surface area (Å²) in [5.41, 5.74) is 7.48. The van der Waals surface area contributed by atoms with Crippen molar-refractivity contribution in [3.8, 4) is 0 Å². The molecule has 132 valence electrons. The van der Waals surface area contributed by atoms with E-state index in [9.17, 15) is 15.0 Å². The molecule has 0 amide bonds. The molecular weight excluding hydrogens is 336 g/mol. The monoisotopic (exact) mass is 358 g/mol. The van der Waals surface area contributed by atoms with Gasteiger partial charge in [-0.2, -0.15) is 0 Å². The Morgan fingerprint density at radius 1 is 1.16 bits per heavy atom. The van der Waals surface area contributed by atoms with Gasteiger partial charge in [-0.1, -0.05) is 35.9 Å². The van der Waals surface area contributed by atoms with Gasteiger partial charge in [0.25, 0.3) is 0 Å². The number of carboxylic acid groups (broad SMARTS) is 1. The minimum atomic E-state index is -2.08. The van der Waals surface area contributed by atoms with Crippen molar-refractivity contribution < 1.29 is 15.0 Å². The summed E-state index contributed by atoms with van der Waals surface area (Å²) in [6.45, 7) is 4.33. The van der Waals surface area contributed by atoms with E-state index in [1.807, 2.05) is 56.3 Å². The molecular formula is C19H22N2O3S. The van der Waals surface area contributed by atoms with Crippen molar-refractivity contribution in [2.24, 2.45) is 0 Å². The van der Waals surface area contributed by atoms with Crippen LogP contribution in [0.1, 0.15) is 23.1 Å². The van der Waals surface area contributed by atoms with Crippen LogP contribution in [0.15, 0.2) is 47.4 Å². The highest BCUT2D eigenvalue weighted by atomic mass is 32.2. The van der Waals surface area contributed by atoms with Gasteiger partial charge in [0.15, 0.2) is 0 Å². The number of aryl methyl sites for hydroxylation is 2. The Morgan fingerprint density at radius 2 is 1.80 bits per heavy atom. The lowest BCUT2D eigenvalue weighted by atomic mass is 9.87. The number of thioether (sulfide) groups is 1. The van der Waals surface area contributed by atoms with E-state index in [0.29, 0.717) is 18.7 Å². The van der Waals surface area contributed by atoms with Gasteiger partial charge < -0.3 is 15.9 Å². The third-order valence-electron chi connectivity index (χ3n) is 4.72. The van der Waals surface area contributed by atoms with Crippen LogP contribution in [0.3, 0.4) is 0 Å². The number of aliphatic hydroxyl groups is 1. The van der Waals surface area contributed by atoms with Crippen molar-refractivity contribution in [1.29, 1.82) is 0 Å². The molecule has 1 aliphatic heterocycles. The van der Waals surface area contributed by atoms with Crippen molar-refractivity contribution in [3.05, 3.63) is 59.2 Å². The highest BCUT2D eigenvalue weighted by Crippen LogP contribution is 2.54. The number of nitrogen functional groups attached to an aromatic ring is 1. The number of benzene rings is 2. The van der Waals surface area contributed by atoms with Gasteiger partial charge in [0.05, 0.1) is 0 Å². The molecule has 0 bridgehead atoms. The third kappa shape index (κ3) is 2.90. The van der Waals surface area contributed by atoms with Crippen LogP contribution < -0.4 is 11.1 Å². The zero-order chi connectivity index (χ0) is 18.2. The van der Waals surface area contributed by atoms with Gasteiger partial charge in [0.1, 0.15) is 4.75 Å². The second-order valence-corrected chi connectivity index (χ2v) is 7.87. The molecule has 1 saturated heterocycles. The summed E-state index contributed by atoms with van der Waals surface area (Å²) in [5, 5.41) is 23.6. The molecule has 0 aliphatic carbocycles. The average molecular weight is 358 g/mol.